The molecule has 0 unspecified atom stereocenters. The van der Waals surface area contributed by atoms with Gasteiger partial charge in [-0.2, -0.15) is 4.98 Å². The molecule has 2 rings (SSSR count). The van der Waals surface area contributed by atoms with Crippen molar-refractivity contribution in [1.82, 2.24) is 10.1 Å². The summed E-state index contributed by atoms with van der Waals surface area (Å²) in [6, 6.07) is 7.65. The molecule has 1 heterocycles. The lowest BCUT2D eigenvalue weighted by atomic mass is 10.1. The molecule has 0 aliphatic carbocycles. The van der Waals surface area contributed by atoms with Crippen LogP contribution in [-0.4, -0.2) is 16.7 Å². The summed E-state index contributed by atoms with van der Waals surface area (Å²) in [5, 5.41) is 4.64. The van der Waals surface area contributed by atoms with E-state index in [9.17, 15) is 0 Å². The number of hydrogen-bond donors (Lipinski definition) is 1. The van der Waals surface area contributed by atoms with Gasteiger partial charge in [0, 0.05) is 17.9 Å². The first-order valence-corrected chi connectivity index (χ1v) is 5.92. The van der Waals surface area contributed by atoms with E-state index in [4.69, 9.17) is 21.9 Å². The summed E-state index contributed by atoms with van der Waals surface area (Å²) in [6.07, 6.45) is 2.17. The standard InChI is InChI=1S/C12H14ClN3O/c13-10-5-2-1-4-9(10)8-11-15-12(17-16-11)6-3-7-14/h1-2,4-5H,3,6-8,14H2. The smallest absolute Gasteiger partial charge is 0.226 e. The van der Waals surface area contributed by atoms with E-state index in [2.05, 4.69) is 10.1 Å². The highest BCUT2D eigenvalue weighted by molar-refractivity contribution is 6.31. The predicted octanol–water partition coefficient (Wildman–Crippen LogP) is 2.21. The third-order valence-corrected chi connectivity index (χ3v) is 2.78. The zero-order chi connectivity index (χ0) is 12.1. The first-order valence-electron chi connectivity index (χ1n) is 5.54. The van der Waals surface area contributed by atoms with E-state index in [1.807, 2.05) is 24.3 Å². The Morgan fingerprint density at radius 3 is 2.88 bits per heavy atom. The van der Waals surface area contributed by atoms with Gasteiger partial charge in [0.25, 0.3) is 0 Å². The number of rotatable bonds is 5. The highest BCUT2D eigenvalue weighted by atomic mass is 35.5. The first kappa shape index (κ1) is 12.1. The van der Waals surface area contributed by atoms with E-state index in [-0.39, 0.29) is 0 Å². The van der Waals surface area contributed by atoms with E-state index in [0.29, 0.717) is 24.7 Å². The zero-order valence-corrected chi connectivity index (χ0v) is 10.2. The number of nitrogens with zero attached hydrogens (tertiary/aromatic N) is 2. The SMILES string of the molecule is NCCCc1nc(Cc2ccccc2Cl)no1. The molecule has 0 aliphatic heterocycles. The molecule has 17 heavy (non-hydrogen) atoms. The molecule has 0 atom stereocenters. The number of aryl methyl sites for hydroxylation is 1. The Labute approximate surface area is 105 Å². The Hall–Kier alpha value is -1.39. The fraction of sp³-hybridized carbons (Fsp3) is 0.333. The molecule has 5 heteroatoms. The van der Waals surface area contributed by atoms with Gasteiger partial charge in [-0.25, -0.2) is 0 Å². The topological polar surface area (TPSA) is 64.9 Å². The minimum Gasteiger partial charge on any atom is -0.339 e. The largest absolute Gasteiger partial charge is 0.339 e. The van der Waals surface area contributed by atoms with E-state index in [1.165, 1.54) is 0 Å². The minimum atomic E-state index is 0.589. The summed E-state index contributed by atoms with van der Waals surface area (Å²) in [6.45, 7) is 0.627. The number of aromatic nitrogens is 2. The van der Waals surface area contributed by atoms with Crippen LogP contribution in [-0.2, 0) is 12.8 Å². The highest BCUT2D eigenvalue weighted by Gasteiger charge is 2.08. The average molecular weight is 252 g/mol. The van der Waals surface area contributed by atoms with Gasteiger partial charge < -0.3 is 10.3 Å². The van der Waals surface area contributed by atoms with Crippen molar-refractivity contribution in [2.75, 3.05) is 6.54 Å². The van der Waals surface area contributed by atoms with Gasteiger partial charge in [0.1, 0.15) is 0 Å². The van der Waals surface area contributed by atoms with Crippen molar-refractivity contribution in [1.29, 1.82) is 0 Å². The Morgan fingerprint density at radius 1 is 1.29 bits per heavy atom. The van der Waals surface area contributed by atoms with Crippen molar-refractivity contribution in [3.63, 3.8) is 0 Å². The second kappa shape index (κ2) is 5.80. The Balaban J connectivity index is 2.04. The van der Waals surface area contributed by atoms with Crippen LogP contribution >= 0.6 is 11.6 Å². The van der Waals surface area contributed by atoms with Gasteiger partial charge in [-0.05, 0) is 24.6 Å². The van der Waals surface area contributed by atoms with Gasteiger partial charge in [-0.3, -0.25) is 0 Å². The third-order valence-electron chi connectivity index (χ3n) is 2.41. The van der Waals surface area contributed by atoms with E-state index in [1.54, 1.807) is 0 Å². The van der Waals surface area contributed by atoms with Gasteiger partial charge >= 0.3 is 0 Å². The lowest BCUT2D eigenvalue weighted by molar-refractivity contribution is 0.371. The van der Waals surface area contributed by atoms with Crippen LogP contribution in [0.3, 0.4) is 0 Å². The molecule has 0 radical (unpaired) electrons. The van der Waals surface area contributed by atoms with Gasteiger partial charge in [0.2, 0.25) is 5.89 Å². The lowest BCUT2D eigenvalue weighted by Crippen LogP contribution is -2.00. The highest BCUT2D eigenvalue weighted by Crippen LogP contribution is 2.17. The molecule has 4 nitrogen and oxygen atoms in total. The van der Waals surface area contributed by atoms with Crippen molar-refractivity contribution in [2.45, 2.75) is 19.3 Å². The van der Waals surface area contributed by atoms with Gasteiger partial charge in [-0.1, -0.05) is 35.0 Å². The molecule has 0 fully saturated rings. The van der Waals surface area contributed by atoms with Crippen molar-refractivity contribution < 1.29 is 4.52 Å². The molecule has 0 spiro atoms. The quantitative estimate of drug-likeness (QED) is 0.885. The average Bonchev–Trinajstić information content (AvgIpc) is 2.77. The van der Waals surface area contributed by atoms with Gasteiger partial charge in [0.15, 0.2) is 5.82 Å². The molecule has 0 amide bonds. The second-order valence-corrected chi connectivity index (χ2v) is 4.17. The molecule has 0 saturated carbocycles. The molecule has 2 N–H and O–H groups in total. The van der Waals surface area contributed by atoms with Crippen molar-refractivity contribution in [3.05, 3.63) is 46.6 Å². The monoisotopic (exact) mass is 251 g/mol. The summed E-state index contributed by atoms with van der Waals surface area (Å²) < 4.78 is 5.12. The van der Waals surface area contributed by atoms with Crippen molar-refractivity contribution in [2.24, 2.45) is 5.73 Å². The van der Waals surface area contributed by atoms with Gasteiger partial charge in [0.05, 0.1) is 0 Å². The summed E-state index contributed by atoms with van der Waals surface area (Å²) in [5.74, 6) is 1.29. The van der Waals surface area contributed by atoms with Crippen LogP contribution in [0.4, 0.5) is 0 Å². The molecule has 90 valence electrons. The molecule has 2 aromatic rings. The predicted molar refractivity (Wildman–Crippen MR) is 65.9 cm³/mol. The molecule has 1 aromatic carbocycles. The Kier molecular flexibility index (Phi) is 4.12. The van der Waals surface area contributed by atoms with Crippen LogP contribution in [0.1, 0.15) is 23.7 Å². The van der Waals surface area contributed by atoms with Crippen LogP contribution in [0.25, 0.3) is 0 Å². The fourth-order valence-electron chi connectivity index (χ4n) is 1.53. The maximum absolute atomic E-state index is 6.06. The fourth-order valence-corrected chi connectivity index (χ4v) is 1.73. The summed E-state index contributed by atoms with van der Waals surface area (Å²) in [7, 11) is 0. The minimum absolute atomic E-state index is 0.589. The molecule has 0 saturated heterocycles. The summed E-state index contributed by atoms with van der Waals surface area (Å²) >= 11 is 6.06. The second-order valence-electron chi connectivity index (χ2n) is 3.76. The van der Waals surface area contributed by atoms with Crippen LogP contribution in [0.2, 0.25) is 5.02 Å². The van der Waals surface area contributed by atoms with Crippen LogP contribution in [0, 0.1) is 0 Å². The molecular formula is C12H14ClN3O. The van der Waals surface area contributed by atoms with E-state index in [0.717, 1.165) is 23.4 Å². The van der Waals surface area contributed by atoms with Crippen molar-refractivity contribution in [3.8, 4) is 0 Å². The molecule has 0 bridgehead atoms. The number of hydrogen-bond acceptors (Lipinski definition) is 4. The molecule has 0 aliphatic rings. The first-order chi connectivity index (χ1) is 8.29. The molecule has 1 aromatic heterocycles. The normalized spacial score (nSPS) is 10.7. The number of benzene rings is 1. The maximum atomic E-state index is 6.06. The summed E-state index contributed by atoms with van der Waals surface area (Å²) in [5.41, 5.74) is 6.42. The lowest BCUT2D eigenvalue weighted by Gasteiger charge is -1.98. The maximum Gasteiger partial charge on any atom is 0.226 e. The van der Waals surface area contributed by atoms with Crippen molar-refractivity contribution >= 4 is 11.6 Å². The molecular weight excluding hydrogens is 238 g/mol. The van der Waals surface area contributed by atoms with Crippen LogP contribution in [0.5, 0.6) is 0 Å². The van der Waals surface area contributed by atoms with Gasteiger partial charge in [-0.15, -0.1) is 0 Å². The third kappa shape index (κ3) is 3.28. The van der Waals surface area contributed by atoms with Crippen LogP contribution < -0.4 is 5.73 Å². The van der Waals surface area contributed by atoms with E-state index < -0.39 is 0 Å². The number of nitrogens with two attached hydrogens (primary N) is 1. The zero-order valence-electron chi connectivity index (χ0n) is 9.40. The Bertz CT molecular complexity index is 484. The number of halogens is 1. The summed E-state index contributed by atoms with van der Waals surface area (Å²) in [4.78, 5) is 4.29. The Morgan fingerprint density at radius 2 is 2.12 bits per heavy atom. The van der Waals surface area contributed by atoms with E-state index >= 15 is 0 Å². The van der Waals surface area contributed by atoms with Crippen LogP contribution in [0.15, 0.2) is 28.8 Å².